The molecule has 0 aliphatic heterocycles. The number of hydrogen-bond donors (Lipinski definition) is 2. The van der Waals surface area contributed by atoms with Gasteiger partial charge in [0, 0.05) is 10.5 Å². The molecule has 0 aromatic heterocycles. The number of anilines is 2. The Morgan fingerprint density at radius 3 is 2.25 bits per heavy atom. The Labute approximate surface area is 131 Å². The minimum Gasteiger partial charge on any atom is -0.323 e. The van der Waals surface area contributed by atoms with Crippen molar-refractivity contribution in [1.29, 1.82) is 0 Å². The molecule has 1 aromatic rings. The van der Waals surface area contributed by atoms with E-state index in [1.165, 1.54) is 12.1 Å². The summed E-state index contributed by atoms with van der Waals surface area (Å²) in [6, 6.07) is 2.60. The fourth-order valence-corrected chi connectivity index (χ4v) is 1.90. The van der Waals surface area contributed by atoms with Crippen LogP contribution in [0.25, 0.3) is 0 Å². The van der Waals surface area contributed by atoms with E-state index >= 15 is 0 Å². The third kappa shape index (κ3) is 4.32. The molecule has 0 atom stereocenters. The van der Waals surface area contributed by atoms with Crippen molar-refractivity contribution in [2.45, 2.75) is 0 Å². The topological polar surface area (TPSA) is 101 Å². The third-order valence-electron chi connectivity index (χ3n) is 2.06. The number of benzene rings is 1. The second kappa shape index (κ2) is 7.41. The quantitative estimate of drug-likeness (QED) is 0.462. The summed E-state index contributed by atoms with van der Waals surface area (Å²) >= 11 is 13.8. The van der Waals surface area contributed by atoms with E-state index in [0.29, 0.717) is 4.47 Å². The van der Waals surface area contributed by atoms with Crippen molar-refractivity contribution in [2.75, 3.05) is 22.4 Å². The van der Waals surface area contributed by atoms with Crippen molar-refractivity contribution in [3.63, 3.8) is 0 Å². The van der Waals surface area contributed by atoms with E-state index in [1.807, 2.05) is 0 Å². The van der Waals surface area contributed by atoms with E-state index in [9.17, 15) is 19.7 Å². The number of nitro benzene ring substituents is 1. The standard InChI is InChI=1S/C10H8BrCl2N3O4/c11-5-1-6(14-8(17)3-12)10(15-9(18)4-13)7(2-5)16(19)20/h1-2H,3-4H2,(H,14,17)(H,15,18). The molecule has 1 rings (SSSR count). The zero-order chi connectivity index (χ0) is 15.3. The number of hydrogen-bond acceptors (Lipinski definition) is 4. The lowest BCUT2D eigenvalue weighted by atomic mass is 10.2. The molecule has 0 saturated carbocycles. The van der Waals surface area contributed by atoms with Gasteiger partial charge in [0.25, 0.3) is 5.69 Å². The van der Waals surface area contributed by atoms with Gasteiger partial charge < -0.3 is 10.6 Å². The number of rotatable bonds is 5. The lowest BCUT2D eigenvalue weighted by Gasteiger charge is -2.12. The van der Waals surface area contributed by atoms with Crippen LogP contribution in [0.3, 0.4) is 0 Å². The molecule has 0 spiro atoms. The smallest absolute Gasteiger partial charge is 0.296 e. The monoisotopic (exact) mass is 383 g/mol. The van der Waals surface area contributed by atoms with Crippen molar-refractivity contribution >= 4 is 68.0 Å². The van der Waals surface area contributed by atoms with Crippen molar-refractivity contribution in [3.05, 3.63) is 26.7 Å². The Bertz CT molecular complexity index is 568. The number of alkyl halides is 2. The van der Waals surface area contributed by atoms with Crippen molar-refractivity contribution in [1.82, 2.24) is 0 Å². The van der Waals surface area contributed by atoms with Crippen LogP contribution in [0, 0.1) is 10.1 Å². The highest BCUT2D eigenvalue weighted by Crippen LogP contribution is 2.36. The zero-order valence-electron chi connectivity index (χ0n) is 9.78. The molecule has 0 bridgehead atoms. The van der Waals surface area contributed by atoms with E-state index in [-0.39, 0.29) is 28.8 Å². The lowest BCUT2D eigenvalue weighted by molar-refractivity contribution is -0.383. The highest BCUT2D eigenvalue weighted by Gasteiger charge is 2.22. The van der Waals surface area contributed by atoms with Crippen LogP contribution in [0.2, 0.25) is 0 Å². The van der Waals surface area contributed by atoms with Gasteiger partial charge in [-0.1, -0.05) is 15.9 Å². The van der Waals surface area contributed by atoms with Crippen molar-refractivity contribution < 1.29 is 14.5 Å². The molecule has 0 fully saturated rings. The minimum atomic E-state index is -0.690. The van der Waals surface area contributed by atoms with Gasteiger partial charge in [-0.15, -0.1) is 23.2 Å². The number of carbonyl (C=O) groups excluding carboxylic acids is 2. The summed E-state index contributed by atoms with van der Waals surface area (Å²) in [4.78, 5) is 33.0. The van der Waals surface area contributed by atoms with Gasteiger partial charge in [-0.3, -0.25) is 19.7 Å². The fourth-order valence-electron chi connectivity index (χ4n) is 1.32. The maximum absolute atomic E-state index is 11.3. The maximum Gasteiger partial charge on any atom is 0.296 e. The number of carbonyl (C=O) groups is 2. The molecule has 0 aliphatic rings. The molecular formula is C10H8BrCl2N3O4. The lowest BCUT2D eigenvalue weighted by Crippen LogP contribution is -2.18. The third-order valence-corrected chi connectivity index (χ3v) is 3.00. The zero-order valence-corrected chi connectivity index (χ0v) is 12.9. The number of nitro groups is 1. The molecule has 0 unspecified atom stereocenters. The predicted molar refractivity (Wildman–Crippen MR) is 79.5 cm³/mol. The van der Waals surface area contributed by atoms with Gasteiger partial charge in [-0.25, -0.2) is 0 Å². The second-order valence-corrected chi connectivity index (χ2v) is 4.92. The van der Waals surface area contributed by atoms with Crippen molar-refractivity contribution in [2.24, 2.45) is 0 Å². The molecule has 0 aliphatic carbocycles. The second-order valence-electron chi connectivity index (χ2n) is 3.47. The highest BCUT2D eigenvalue weighted by molar-refractivity contribution is 9.10. The fraction of sp³-hybridized carbons (Fsp3) is 0.200. The Morgan fingerprint density at radius 1 is 1.20 bits per heavy atom. The summed E-state index contributed by atoms with van der Waals surface area (Å²) < 4.78 is 0.359. The Balaban J connectivity index is 3.34. The first-order valence-electron chi connectivity index (χ1n) is 5.08. The molecule has 2 N–H and O–H groups in total. The number of halogens is 3. The van der Waals surface area contributed by atoms with Gasteiger partial charge in [-0.2, -0.15) is 0 Å². The number of nitrogens with one attached hydrogen (secondary N) is 2. The first-order chi connectivity index (χ1) is 9.38. The van der Waals surface area contributed by atoms with E-state index in [1.54, 1.807) is 0 Å². The number of amides is 2. The van der Waals surface area contributed by atoms with Crippen LogP contribution >= 0.6 is 39.1 Å². The largest absolute Gasteiger partial charge is 0.323 e. The average molecular weight is 385 g/mol. The Kier molecular flexibility index (Phi) is 6.18. The Morgan fingerprint density at radius 2 is 1.75 bits per heavy atom. The van der Waals surface area contributed by atoms with Crippen LogP contribution in [0.1, 0.15) is 0 Å². The minimum absolute atomic E-state index is 0.0511. The molecule has 2 amide bonds. The Hall–Kier alpha value is -1.38. The summed E-state index contributed by atoms with van der Waals surface area (Å²) in [6.07, 6.45) is 0. The SMILES string of the molecule is O=C(CCl)Nc1cc(Br)cc([N+](=O)[O-])c1NC(=O)CCl. The van der Waals surface area contributed by atoms with Gasteiger partial charge in [0.15, 0.2) is 0 Å². The van der Waals surface area contributed by atoms with E-state index < -0.39 is 16.7 Å². The molecule has 108 valence electrons. The summed E-state index contributed by atoms with van der Waals surface area (Å²) in [7, 11) is 0. The van der Waals surface area contributed by atoms with Crippen LogP contribution in [-0.4, -0.2) is 28.5 Å². The predicted octanol–water partition coefficient (Wildman–Crippen LogP) is 2.71. The first kappa shape index (κ1) is 16.7. The van der Waals surface area contributed by atoms with Crippen molar-refractivity contribution in [3.8, 4) is 0 Å². The van der Waals surface area contributed by atoms with Gasteiger partial charge in [0.05, 0.1) is 10.6 Å². The van der Waals surface area contributed by atoms with Crippen LogP contribution in [0.5, 0.6) is 0 Å². The first-order valence-corrected chi connectivity index (χ1v) is 6.94. The molecule has 1 aromatic carbocycles. The molecule has 0 radical (unpaired) electrons. The molecule has 0 heterocycles. The molecule has 10 heteroatoms. The van der Waals surface area contributed by atoms with Crippen LogP contribution in [-0.2, 0) is 9.59 Å². The van der Waals surface area contributed by atoms with Crippen LogP contribution < -0.4 is 10.6 Å². The van der Waals surface area contributed by atoms with Gasteiger partial charge >= 0.3 is 0 Å². The normalized spacial score (nSPS) is 9.95. The van der Waals surface area contributed by atoms with E-state index in [0.717, 1.165) is 0 Å². The van der Waals surface area contributed by atoms with Gasteiger partial charge in [-0.05, 0) is 6.07 Å². The summed E-state index contributed by atoms with van der Waals surface area (Å²) in [5.74, 6) is -1.92. The maximum atomic E-state index is 11.3. The summed E-state index contributed by atoms with van der Waals surface area (Å²) in [5, 5.41) is 15.7. The van der Waals surface area contributed by atoms with Gasteiger partial charge in [0.2, 0.25) is 11.8 Å². The van der Waals surface area contributed by atoms with E-state index in [4.69, 9.17) is 23.2 Å². The molecule has 20 heavy (non-hydrogen) atoms. The van der Waals surface area contributed by atoms with Crippen LogP contribution in [0.4, 0.5) is 17.1 Å². The van der Waals surface area contributed by atoms with E-state index in [2.05, 4.69) is 26.6 Å². The number of nitrogens with zero attached hydrogens (tertiary/aromatic N) is 1. The molecule has 0 saturated heterocycles. The molecule has 7 nitrogen and oxygen atoms in total. The average Bonchev–Trinajstić information content (AvgIpc) is 2.40. The van der Waals surface area contributed by atoms with Crippen LogP contribution in [0.15, 0.2) is 16.6 Å². The van der Waals surface area contributed by atoms with Gasteiger partial charge in [0.1, 0.15) is 17.4 Å². The highest BCUT2D eigenvalue weighted by atomic mass is 79.9. The summed E-state index contributed by atoms with van der Waals surface area (Å²) in [6.45, 7) is 0. The molecular weight excluding hydrogens is 377 g/mol. The summed E-state index contributed by atoms with van der Waals surface area (Å²) in [5.41, 5.74) is -0.486.